The van der Waals surface area contributed by atoms with Gasteiger partial charge in [-0.2, -0.15) is 0 Å². The van der Waals surface area contributed by atoms with Crippen LogP contribution < -0.4 is 5.32 Å². The van der Waals surface area contributed by atoms with Crippen LogP contribution in [0.25, 0.3) is 0 Å². The quantitative estimate of drug-likeness (QED) is 0.248. The van der Waals surface area contributed by atoms with Gasteiger partial charge in [-0.15, -0.1) is 0 Å². The molecule has 3 aromatic carbocycles. The van der Waals surface area contributed by atoms with Crippen LogP contribution in [0, 0.1) is 11.8 Å². The van der Waals surface area contributed by atoms with Crippen LogP contribution in [0.1, 0.15) is 63.6 Å². The number of aliphatic imine (C=N–C) groups is 1. The maximum Gasteiger partial charge on any atom is 0.336 e. The first-order valence-electron chi connectivity index (χ1n) is 14.9. The number of carbonyl (C=O) groups excluding carboxylic acids is 1. The number of halogens is 2. The van der Waals surface area contributed by atoms with Crippen molar-refractivity contribution < 1.29 is 9.53 Å². The van der Waals surface area contributed by atoms with Crippen LogP contribution in [0.5, 0.6) is 0 Å². The van der Waals surface area contributed by atoms with Crippen molar-refractivity contribution >= 4 is 41.2 Å². The summed E-state index contributed by atoms with van der Waals surface area (Å²) in [6.45, 7) is 6.78. The number of nitrogens with one attached hydrogen (secondary N) is 1. The molecular weight excluding hydrogens is 565 g/mol. The lowest BCUT2D eigenvalue weighted by molar-refractivity contribution is -0.150. The third kappa shape index (κ3) is 6.33. The largest absolute Gasteiger partial charge is 0.467 e. The van der Waals surface area contributed by atoms with E-state index in [1.807, 2.05) is 60.9 Å². The van der Waals surface area contributed by atoms with E-state index in [2.05, 4.69) is 55.3 Å². The van der Waals surface area contributed by atoms with Crippen LogP contribution in [-0.4, -0.2) is 41.4 Å². The highest BCUT2D eigenvalue weighted by molar-refractivity contribution is 6.30. The molecule has 2 aliphatic rings. The SMILES string of the molecule is COC(=O)C1(Cc2ccc(Cl)cc2)N=CN(C(C)c2ccccc2)C1C1CCC(C(C)(C)Nc2ccc(Cl)cc2)CC1. The molecule has 1 aliphatic heterocycles. The molecule has 0 saturated heterocycles. The van der Waals surface area contributed by atoms with Gasteiger partial charge in [0.1, 0.15) is 0 Å². The lowest BCUT2D eigenvalue weighted by Gasteiger charge is -2.47. The highest BCUT2D eigenvalue weighted by atomic mass is 35.5. The Kier molecular flexibility index (Phi) is 9.20. The minimum Gasteiger partial charge on any atom is -0.467 e. The van der Waals surface area contributed by atoms with E-state index < -0.39 is 5.54 Å². The molecule has 1 saturated carbocycles. The van der Waals surface area contributed by atoms with Gasteiger partial charge >= 0.3 is 5.97 Å². The molecule has 5 nitrogen and oxygen atoms in total. The Morgan fingerprint density at radius 2 is 1.57 bits per heavy atom. The van der Waals surface area contributed by atoms with E-state index in [9.17, 15) is 4.79 Å². The number of ether oxygens (including phenoxy) is 1. The van der Waals surface area contributed by atoms with Gasteiger partial charge in [0, 0.05) is 27.7 Å². The molecule has 1 heterocycles. The summed E-state index contributed by atoms with van der Waals surface area (Å²) in [7, 11) is 1.48. The summed E-state index contributed by atoms with van der Waals surface area (Å²) in [4.78, 5) is 21.2. The monoisotopic (exact) mass is 605 g/mol. The van der Waals surface area contributed by atoms with Gasteiger partial charge in [-0.3, -0.25) is 4.99 Å². The summed E-state index contributed by atoms with van der Waals surface area (Å²) >= 11 is 12.3. The maximum atomic E-state index is 13.8. The van der Waals surface area contributed by atoms with Crippen molar-refractivity contribution in [2.24, 2.45) is 16.8 Å². The number of nitrogens with zero attached hydrogens (tertiary/aromatic N) is 2. The van der Waals surface area contributed by atoms with E-state index in [-0.39, 0.29) is 29.5 Å². The zero-order valence-corrected chi connectivity index (χ0v) is 26.4. The first-order valence-corrected chi connectivity index (χ1v) is 15.6. The number of hydrogen-bond acceptors (Lipinski definition) is 5. The molecule has 0 amide bonds. The van der Waals surface area contributed by atoms with E-state index >= 15 is 0 Å². The van der Waals surface area contributed by atoms with Gasteiger partial charge in [0.15, 0.2) is 5.54 Å². The second-order valence-electron chi connectivity index (χ2n) is 12.4. The Balaban J connectivity index is 1.43. The fourth-order valence-corrected chi connectivity index (χ4v) is 7.34. The van der Waals surface area contributed by atoms with Crippen LogP contribution in [-0.2, 0) is 16.0 Å². The second kappa shape index (κ2) is 12.7. The number of rotatable bonds is 9. The van der Waals surface area contributed by atoms with E-state index in [0.717, 1.165) is 42.0 Å². The summed E-state index contributed by atoms with van der Waals surface area (Å²) in [6, 6.07) is 26.0. The molecular formula is C35H41Cl2N3O2. The molecule has 5 rings (SSSR count). The Morgan fingerprint density at radius 1 is 0.976 bits per heavy atom. The highest BCUT2D eigenvalue weighted by Gasteiger charge is 2.56. The molecule has 3 aromatic rings. The van der Waals surface area contributed by atoms with Gasteiger partial charge in [-0.25, -0.2) is 4.79 Å². The molecule has 0 bridgehead atoms. The minimum atomic E-state index is -1.04. The van der Waals surface area contributed by atoms with Crippen molar-refractivity contribution in [3.05, 3.63) is 100 Å². The zero-order chi connectivity index (χ0) is 29.9. The topological polar surface area (TPSA) is 53.9 Å². The Hall–Kier alpha value is -3.02. The molecule has 222 valence electrons. The lowest BCUT2D eigenvalue weighted by atomic mass is 9.67. The van der Waals surface area contributed by atoms with E-state index in [4.69, 9.17) is 32.9 Å². The molecule has 7 heteroatoms. The normalized spacial score (nSPS) is 24.8. The number of methoxy groups -OCH3 is 1. The first kappa shape index (κ1) is 30.4. The van der Waals surface area contributed by atoms with Gasteiger partial charge in [0.2, 0.25) is 0 Å². The van der Waals surface area contributed by atoms with Gasteiger partial charge in [0.05, 0.1) is 25.5 Å². The number of anilines is 1. The Morgan fingerprint density at radius 3 is 2.17 bits per heavy atom. The van der Waals surface area contributed by atoms with E-state index in [1.54, 1.807) is 0 Å². The Bertz CT molecular complexity index is 1370. The molecule has 42 heavy (non-hydrogen) atoms. The lowest BCUT2D eigenvalue weighted by Crippen LogP contribution is -2.58. The van der Waals surface area contributed by atoms with E-state index in [0.29, 0.717) is 17.4 Å². The maximum absolute atomic E-state index is 13.8. The summed E-state index contributed by atoms with van der Waals surface area (Å²) < 4.78 is 5.51. The van der Waals surface area contributed by atoms with Crippen molar-refractivity contribution in [3.63, 3.8) is 0 Å². The minimum absolute atomic E-state index is 0.0532. The fraction of sp³-hybridized carbons (Fsp3) is 0.429. The van der Waals surface area contributed by atoms with Gasteiger partial charge in [0.25, 0.3) is 0 Å². The predicted molar refractivity (Wildman–Crippen MR) is 173 cm³/mol. The summed E-state index contributed by atoms with van der Waals surface area (Å²) in [5, 5.41) is 5.16. The van der Waals surface area contributed by atoms with E-state index in [1.165, 1.54) is 12.7 Å². The Labute approximate surface area is 260 Å². The summed E-state index contributed by atoms with van der Waals surface area (Å²) in [6.07, 6.45) is 6.48. The van der Waals surface area contributed by atoms with Crippen molar-refractivity contribution in [2.45, 2.75) is 76.0 Å². The summed E-state index contributed by atoms with van der Waals surface area (Å²) in [5.74, 6) is 0.469. The second-order valence-corrected chi connectivity index (χ2v) is 13.3. The number of esters is 1. The van der Waals surface area contributed by atoms with Crippen LogP contribution in [0.3, 0.4) is 0 Å². The molecule has 1 aliphatic carbocycles. The molecule has 3 atom stereocenters. The molecule has 0 radical (unpaired) electrons. The first-order chi connectivity index (χ1) is 20.1. The average Bonchev–Trinajstić information content (AvgIpc) is 3.39. The standard InChI is InChI=1S/C35H41Cl2N3O2/c1-24(26-8-6-5-7-9-26)40-23-38-35(33(41)42-4,22-25-10-16-29(36)17-11-25)32(40)27-12-14-28(15-13-27)34(2,3)39-31-20-18-30(37)19-21-31/h5-11,16-21,23-24,27-28,32,39H,12-15,22H2,1-4H3. The van der Waals surface area contributed by atoms with Crippen molar-refractivity contribution in [3.8, 4) is 0 Å². The van der Waals surface area contributed by atoms with Crippen molar-refractivity contribution in [1.29, 1.82) is 0 Å². The third-order valence-corrected chi connectivity index (χ3v) is 9.94. The fourth-order valence-electron chi connectivity index (χ4n) is 7.09. The van der Waals surface area contributed by atoms with Gasteiger partial charge in [-0.05, 0) is 106 Å². The number of hydrogen-bond donors (Lipinski definition) is 1. The van der Waals surface area contributed by atoms with Gasteiger partial charge in [-0.1, -0.05) is 65.7 Å². The van der Waals surface area contributed by atoms with Crippen molar-refractivity contribution in [2.75, 3.05) is 12.4 Å². The van der Waals surface area contributed by atoms with Crippen LogP contribution in [0.4, 0.5) is 5.69 Å². The highest BCUT2D eigenvalue weighted by Crippen LogP contribution is 2.46. The number of carbonyl (C=O) groups is 1. The van der Waals surface area contributed by atoms with Crippen LogP contribution in [0.15, 0.2) is 83.9 Å². The molecule has 0 spiro atoms. The van der Waals surface area contributed by atoms with Crippen LogP contribution >= 0.6 is 23.2 Å². The zero-order valence-electron chi connectivity index (χ0n) is 24.9. The van der Waals surface area contributed by atoms with Gasteiger partial charge < -0.3 is 15.0 Å². The molecule has 1 N–H and O–H groups in total. The van der Waals surface area contributed by atoms with Crippen LogP contribution in [0.2, 0.25) is 10.0 Å². The number of benzene rings is 3. The smallest absolute Gasteiger partial charge is 0.336 e. The van der Waals surface area contributed by atoms with Crippen molar-refractivity contribution in [1.82, 2.24) is 4.90 Å². The molecule has 3 unspecified atom stereocenters. The molecule has 0 aromatic heterocycles. The average molecular weight is 607 g/mol. The predicted octanol–water partition coefficient (Wildman–Crippen LogP) is 8.62. The summed E-state index contributed by atoms with van der Waals surface area (Å²) in [5.41, 5.74) is 2.16. The molecule has 1 fully saturated rings. The third-order valence-electron chi connectivity index (χ3n) is 9.44.